The molecule has 2 aromatic rings. The third kappa shape index (κ3) is 2.88. The number of piperazine rings is 1. The van der Waals surface area contributed by atoms with Gasteiger partial charge in [-0.05, 0) is 12.1 Å². The Morgan fingerprint density at radius 1 is 1.09 bits per heavy atom. The minimum atomic E-state index is -0.832. The summed E-state index contributed by atoms with van der Waals surface area (Å²) in [6, 6.07) is 3.00. The standard InChI is InChI=1S/C15H14F2N4O/c16-11-1-2-12(13(17)9-11)15(22)21-7-5-20(6-8-21)14-10-18-3-4-19-14/h1-4,9-10H,5-8H2. The van der Waals surface area contributed by atoms with Gasteiger partial charge in [0.15, 0.2) is 0 Å². The Morgan fingerprint density at radius 3 is 2.50 bits per heavy atom. The molecule has 0 unspecified atom stereocenters. The Balaban J connectivity index is 1.67. The number of amides is 1. The van der Waals surface area contributed by atoms with Gasteiger partial charge in [0, 0.05) is 44.6 Å². The molecular weight excluding hydrogens is 290 g/mol. The molecule has 7 heteroatoms. The summed E-state index contributed by atoms with van der Waals surface area (Å²) in [6.45, 7) is 2.08. The smallest absolute Gasteiger partial charge is 0.256 e. The molecule has 2 heterocycles. The van der Waals surface area contributed by atoms with Crippen LogP contribution < -0.4 is 4.90 Å². The number of carbonyl (C=O) groups excluding carboxylic acids is 1. The second-order valence-electron chi connectivity index (χ2n) is 4.97. The van der Waals surface area contributed by atoms with Gasteiger partial charge in [0.05, 0.1) is 11.8 Å². The van der Waals surface area contributed by atoms with Crippen molar-refractivity contribution in [3.8, 4) is 0 Å². The first-order valence-corrected chi connectivity index (χ1v) is 6.90. The Bertz CT molecular complexity index is 672. The first kappa shape index (κ1) is 14.4. The molecule has 0 N–H and O–H groups in total. The van der Waals surface area contributed by atoms with Gasteiger partial charge in [0.1, 0.15) is 17.5 Å². The van der Waals surface area contributed by atoms with Crippen LogP contribution in [-0.4, -0.2) is 47.0 Å². The second-order valence-corrected chi connectivity index (χ2v) is 4.97. The summed E-state index contributed by atoms with van der Waals surface area (Å²) in [4.78, 5) is 24.1. The van der Waals surface area contributed by atoms with Crippen molar-refractivity contribution in [2.24, 2.45) is 0 Å². The monoisotopic (exact) mass is 304 g/mol. The van der Waals surface area contributed by atoms with E-state index in [0.717, 1.165) is 18.0 Å². The van der Waals surface area contributed by atoms with E-state index in [4.69, 9.17) is 0 Å². The maximum atomic E-state index is 13.7. The highest BCUT2D eigenvalue weighted by Crippen LogP contribution is 2.16. The molecule has 0 saturated carbocycles. The van der Waals surface area contributed by atoms with Crippen molar-refractivity contribution in [2.75, 3.05) is 31.1 Å². The Hall–Kier alpha value is -2.57. The Morgan fingerprint density at radius 2 is 1.86 bits per heavy atom. The van der Waals surface area contributed by atoms with Crippen LogP contribution in [0.1, 0.15) is 10.4 Å². The largest absolute Gasteiger partial charge is 0.352 e. The average molecular weight is 304 g/mol. The molecule has 114 valence electrons. The molecule has 0 aliphatic carbocycles. The number of benzene rings is 1. The lowest BCUT2D eigenvalue weighted by Gasteiger charge is -2.35. The van der Waals surface area contributed by atoms with E-state index in [1.165, 1.54) is 6.07 Å². The van der Waals surface area contributed by atoms with Crippen LogP contribution in [-0.2, 0) is 0 Å². The van der Waals surface area contributed by atoms with Crippen LogP contribution >= 0.6 is 0 Å². The number of carbonyl (C=O) groups is 1. The van der Waals surface area contributed by atoms with E-state index in [0.29, 0.717) is 26.2 Å². The fraction of sp³-hybridized carbons (Fsp3) is 0.267. The van der Waals surface area contributed by atoms with Crippen LogP contribution in [0.15, 0.2) is 36.8 Å². The van der Waals surface area contributed by atoms with Crippen molar-refractivity contribution < 1.29 is 13.6 Å². The molecule has 1 aliphatic rings. The van der Waals surface area contributed by atoms with Crippen LogP contribution in [0.4, 0.5) is 14.6 Å². The molecule has 1 saturated heterocycles. The normalized spacial score (nSPS) is 15.0. The predicted molar refractivity (Wildman–Crippen MR) is 76.5 cm³/mol. The lowest BCUT2D eigenvalue weighted by Crippen LogP contribution is -2.49. The summed E-state index contributed by atoms with van der Waals surface area (Å²) in [6.07, 6.45) is 4.87. The van der Waals surface area contributed by atoms with Crippen molar-refractivity contribution in [1.29, 1.82) is 0 Å². The minimum absolute atomic E-state index is 0.102. The average Bonchev–Trinajstić information content (AvgIpc) is 2.55. The molecule has 1 aliphatic heterocycles. The van der Waals surface area contributed by atoms with E-state index in [1.807, 2.05) is 4.90 Å². The predicted octanol–water partition coefficient (Wildman–Crippen LogP) is 1.72. The summed E-state index contributed by atoms with van der Waals surface area (Å²) in [7, 11) is 0. The van der Waals surface area contributed by atoms with Crippen molar-refractivity contribution in [2.45, 2.75) is 0 Å². The summed E-state index contributed by atoms with van der Waals surface area (Å²) in [5.74, 6) is -1.19. The highest BCUT2D eigenvalue weighted by Gasteiger charge is 2.24. The maximum Gasteiger partial charge on any atom is 0.256 e. The van der Waals surface area contributed by atoms with E-state index in [1.54, 1.807) is 23.5 Å². The molecule has 22 heavy (non-hydrogen) atoms. The molecule has 1 fully saturated rings. The number of halogens is 2. The van der Waals surface area contributed by atoms with Gasteiger partial charge in [-0.2, -0.15) is 0 Å². The van der Waals surface area contributed by atoms with E-state index < -0.39 is 17.5 Å². The number of rotatable bonds is 2. The van der Waals surface area contributed by atoms with Gasteiger partial charge in [-0.25, -0.2) is 13.8 Å². The summed E-state index contributed by atoms with van der Waals surface area (Å²) < 4.78 is 26.6. The second kappa shape index (κ2) is 6.05. The topological polar surface area (TPSA) is 49.3 Å². The van der Waals surface area contributed by atoms with Crippen LogP contribution in [0, 0.1) is 11.6 Å². The lowest BCUT2D eigenvalue weighted by molar-refractivity contribution is 0.0741. The Kier molecular flexibility index (Phi) is 3.95. The van der Waals surface area contributed by atoms with Gasteiger partial charge in [-0.15, -0.1) is 0 Å². The minimum Gasteiger partial charge on any atom is -0.352 e. The van der Waals surface area contributed by atoms with Gasteiger partial charge in [0.2, 0.25) is 0 Å². The first-order valence-electron chi connectivity index (χ1n) is 6.90. The van der Waals surface area contributed by atoms with Crippen molar-refractivity contribution in [1.82, 2.24) is 14.9 Å². The third-order valence-corrected chi connectivity index (χ3v) is 3.60. The van der Waals surface area contributed by atoms with Gasteiger partial charge in [0.25, 0.3) is 5.91 Å². The van der Waals surface area contributed by atoms with Crippen LogP contribution in [0.3, 0.4) is 0 Å². The van der Waals surface area contributed by atoms with Gasteiger partial charge >= 0.3 is 0 Å². The van der Waals surface area contributed by atoms with E-state index in [9.17, 15) is 13.6 Å². The highest BCUT2D eigenvalue weighted by molar-refractivity contribution is 5.94. The Labute approximate surface area is 126 Å². The zero-order valence-corrected chi connectivity index (χ0v) is 11.7. The summed E-state index contributed by atoms with van der Waals surface area (Å²) >= 11 is 0. The third-order valence-electron chi connectivity index (χ3n) is 3.60. The van der Waals surface area contributed by atoms with Crippen LogP contribution in [0.5, 0.6) is 0 Å². The lowest BCUT2D eigenvalue weighted by atomic mass is 10.1. The fourth-order valence-electron chi connectivity index (χ4n) is 2.43. The molecule has 5 nitrogen and oxygen atoms in total. The highest BCUT2D eigenvalue weighted by atomic mass is 19.1. The number of hydrogen-bond donors (Lipinski definition) is 0. The molecule has 1 amide bonds. The summed E-state index contributed by atoms with van der Waals surface area (Å²) in [5.41, 5.74) is -0.102. The zero-order valence-electron chi connectivity index (χ0n) is 11.7. The van der Waals surface area contributed by atoms with E-state index in [2.05, 4.69) is 9.97 Å². The van der Waals surface area contributed by atoms with Gasteiger partial charge in [-0.3, -0.25) is 9.78 Å². The molecule has 1 aromatic heterocycles. The molecule has 1 aromatic carbocycles. The first-order chi connectivity index (χ1) is 10.6. The van der Waals surface area contributed by atoms with Crippen LogP contribution in [0.2, 0.25) is 0 Å². The molecule has 0 radical (unpaired) electrons. The van der Waals surface area contributed by atoms with Crippen molar-refractivity contribution >= 4 is 11.7 Å². The molecular formula is C15H14F2N4O. The van der Waals surface area contributed by atoms with Crippen molar-refractivity contribution in [3.05, 3.63) is 54.0 Å². The number of aromatic nitrogens is 2. The quantitative estimate of drug-likeness (QED) is 0.847. The number of hydrogen-bond acceptors (Lipinski definition) is 4. The molecule has 3 rings (SSSR count). The zero-order chi connectivity index (χ0) is 15.5. The number of anilines is 1. The molecule has 0 atom stereocenters. The molecule has 0 spiro atoms. The van der Waals surface area contributed by atoms with E-state index in [-0.39, 0.29) is 5.56 Å². The van der Waals surface area contributed by atoms with Gasteiger partial charge < -0.3 is 9.80 Å². The van der Waals surface area contributed by atoms with Crippen LogP contribution in [0.25, 0.3) is 0 Å². The van der Waals surface area contributed by atoms with Crippen molar-refractivity contribution in [3.63, 3.8) is 0 Å². The SMILES string of the molecule is O=C(c1ccc(F)cc1F)N1CCN(c2cnccn2)CC1. The summed E-state index contributed by atoms with van der Waals surface area (Å²) in [5, 5.41) is 0. The molecule has 0 bridgehead atoms. The van der Waals surface area contributed by atoms with Gasteiger partial charge in [-0.1, -0.05) is 0 Å². The van der Waals surface area contributed by atoms with E-state index >= 15 is 0 Å². The maximum absolute atomic E-state index is 13.7. The number of nitrogens with zero attached hydrogens (tertiary/aromatic N) is 4. The fourth-order valence-corrected chi connectivity index (χ4v) is 2.43.